The molecule has 0 radical (unpaired) electrons. The third kappa shape index (κ3) is 4.08. The fourth-order valence-corrected chi connectivity index (χ4v) is 5.52. The van der Waals surface area contributed by atoms with Crippen LogP contribution in [-0.4, -0.2) is 58.0 Å². The lowest BCUT2D eigenvalue weighted by atomic mass is 9.93. The van der Waals surface area contributed by atoms with E-state index in [9.17, 15) is 9.18 Å². The van der Waals surface area contributed by atoms with Gasteiger partial charge in [-0.05, 0) is 60.9 Å². The molecule has 198 valence electrons. The molecule has 1 amide bonds. The van der Waals surface area contributed by atoms with Crippen molar-refractivity contribution in [3.8, 4) is 11.4 Å². The molecule has 3 aromatic rings. The zero-order valence-electron chi connectivity index (χ0n) is 22.0. The van der Waals surface area contributed by atoms with Crippen molar-refractivity contribution in [2.45, 2.75) is 32.0 Å². The maximum Gasteiger partial charge on any atom is 0.249 e. The summed E-state index contributed by atoms with van der Waals surface area (Å²) in [5.74, 6) is 0.866. The number of nitrogens with zero attached hydrogens (tertiary/aromatic N) is 6. The molecule has 2 aromatic carbocycles. The van der Waals surface area contributed by atoms with E-state index < -0.39 is 11.7 Å². The van der Waals surface area contributed by atoms with E-state index in [0.29, 0.717) is 24.7 Å². The van der Waals surface area contributed by atoms with Crippen molar-refractivity contribution in [1.29, 1.82) is 0 Å². The normalized spacial score (nSPS) is 22.4. The Labute approximate surface area is 226 Å². The molecule has 6 rings (SSSR count). The number of nitrogens with one attached hydrogen (secondary N) is 2. The van der Waals surface area contributed by atoms with Crippen LogP contribution in [0.15, 0.2) is 89.0 Å². The lowest BCUT2D eigenvalue weighted by molar-refractivity contribution is -0.132. The van der Waals surface area contributed by atoms with Gasteiger partial charge in [-0.25, -0.2) is 14.4 Å². The summed E-state index contributed by atoms with van der Waals surface area (Å²) in [6.07, 6.45) is 9.57. The van der Waals surface area contributed by atoms with Crippen molar-refractivity contribution in [2.24, 2.45) is 9.98 Å². The number of piperazine rings is 1. The Morgan fingerprint density at radius 3 is 2.69 bits per heavy atom. The van der Waals surface area contributed by atoms with Crippen molar-refractivity contribution in [3.05, 3.63) is 90.4 Å². The van der Waals surface area contributed by atoms with Gasteiger partial charge in [-0.15, -0.1) is 0 Å². The summed E-state index contributed by atoms with van der Waals surface area (Å²) in [5.41, 5.74) is 3.56. The van der Waals surface area contributed by atoms with Crippen LogP contribution in [0.1, 0.15) is 25.8 Å². The summed E-state index contributed by atoms with van der Waals surface area (Å²) in [6.45, 7) is 4.62. The number of amides is 1. The lowest BCUT2D eigenvalue weighted by Crippen LogP contribution is -2.67. The second kappa shape index (κ2) is 9.54. The lowest BCUT2D eigenvalue weighted by Gasteiger charge is -2.53. The minimum atomic E-state index is -0.912. The van der Waals surface area contributed by atoms with Gasteiger partial charge in [0.25, 0.3) is 0 Å². The summed E-state index contributed by atoms with van der Waals surface area (Å²) >= 11 is 0. The van der Waals surface area contributed by atoms with E-state index in [-0.39, 0.29) is 11.7 Å². The average Bonchev–Trinajstić information content (AvgIpc) is 3.45. The predicted molar refractivity (Wildman–Crippen MR) is 150 cm³/mol. The van der Waals surface area contributed by atoms with Gasteiger partial charge in [-0.1, -0.05) is 19.1 Å². The Morgan fingerprint density at radius 1 is 1.13 bits per heavy atom. The van der Waals surface area contributed by atoms with E-state index in [2.05, 4.69) is 31.6 Å². The monoisotopic (exact) mass is 524 g/mol. The molecule has 0 aliphatic carbocycles. The maximum absolute atomic E-state index is 13.6. The summed E-state index contributed by atoms with van der Waals surface area (Å²) < 4.78 is 15.4. The minimum absolute atomic E-state index is 0.00450. The Hall–Kier alpha value is -4.73. The van der Waals surface area contributed by atoms with Crippen molar-refractivity contribution in [2.75, 3.05) is 18.5 Å². The van der Waals surface area contributed by atoms with Crippen molar-refractivity contribution >= 4 is 29.5 Å². The quantitative estimate of drug-likeness (QED) is 0.542. The van der Waals surface area contributed by atoms with Crippen LogP contribution in [-0.2, 0) is 4.79 Å². The number of likely N-dealkylation sites (N-methyl/N-ethyl adjacent to an activating group) is 1. The Bertz CT molecular complexity index is 1550. The van der Waals surface area contributed by atoms with E-state index in [1.165, 1.54) is 12.1 Å². The number of hydrogen-bond donors (Lipinski definition) is 2. The molecule has 2 N–H and O–H groups in total. The van der Waals surface area contributed by atoms with Crippen molar-refractivity contribution in [1.82, 2.24) is 25.1 Å². The average molecular weight is 525 g/mol. The topological polar surface area (TPSA) is 90.2 Å². The number of aliphatic imine (C=N–C) groups is 2. The standard InChI is InChI=1S/C29H29FN8O/c1-4-24-27(39)36(3)25-17-34-28(37-13-12-33-26(37)19-8-10-22(30)11-9-19)35-29(25,2)38(24)23-7-5-6-20(14-23)21-15-31-18-32-16-21/h5-15,17-18,24H,4,16H2,1-3H3,(H,31,32)(H,34,35). The molecule has 1 saturated heterocycles. The second-order valence-electron chi connectivity index (χ2n) is 9.81. The molecule has 0 spiro atoms. The molecule has 3 aliphatic heterocycles. The van der Waals surface area contributed by atoms with E-state index in [1.807, 2.05) is 55.2 Å². The van der Waals surface area contributed by atoms with Crippen molar-refractivity contribution < 1.29 is 9.18 Å². The van der Waals surface area contributed by atoms with Crippen LogP contribution in [0.25, 0.3) is 17.0 Å². The number of rotatable bonds is 4. The second-order valence-corrected chi connectivity index (χ2v) is 9.81. The highest BCUT2D eigenvalue weighted by atomic mass is 19.1. The van der Waals surface area contributed by atoms with Crippen LogP contribution >= 0.6 is 0 Å². The number of hydrogen-bond acceptors (Lipinski definition) is 7. The zero-order valence-corrected chi connectivity index (χ0v) is 22.0. The van der Waals surface area contributed by atoms with E-state index >= 15 is 0 Å². The number of carbonyl (C=O) groups is 1. The van der Waals surface area contributed by atoms with Crippen LogP contribution < -0.4 is 15.5 Å². The predicted octanol–water partition coefficient (Wildman–Crippen LogP) is 3.78. The molecule has 9 nitrogen and oxygen atoms in total. The highest BCUT2D eigenvalue weighted by Crippen LogP contribution is 2.42. The first kappa shape index (κ1) is 24.6. The summed E-state index contributed by atoms with van der Waals surface area (Å²) in [7, 11) is 1.79. The van der Waals surface area contributed by atoms with Gasteiger partial charge >= 0.3 is 0 Å². The summed E-state index contributed by atoms with van der Waals surface area (Å²) in [5, 5.41) is 6.33. The largest absolute Gasteiger partial charge is 0.353 e. The molecule has 0 bridgehead atoms. The molecule has 3 aliphatic rings. The van der Waals surface area contributed by atoms with Gasteiger partial charge < -0.3 is 20.4 Å². The van der Waals surface area contributed by atoms with Gasteiger partial charge in [-0.2, -0.15) is 0 Å². The fourth-order valence-electron chi connectivity index (χ4n) is 5.52. The number of carbonyl (C=O) groups excluding carboxylic acids is 1. The van der Waals surface area contributed by atoms with Crippen LogP contribution in [0, 0.1) is 5.82 Å². The first-order valence-electron chi connectivity index (χ1n) is 12.9. The van der Waals surface area contributed by atoms with Crippen LogP contribution in [0.4, 0.5) is 10.1 Å². The molecule has 1 fully saturated rings. The van der Waals surface area contributed by atoms with Gasteiger partial charge in [0.05, 0.1) is 18.6 Å². The number of fused-ring (bicyclic) bond motifs is 1. The number of benzene rings is 2. The van der Waals surface area contributed by atoms with E-state index in [4.69, 9.17) is 4.99 Å². The number of aromatic nitrogens is 2. The maximum atomic E-state index is 13.6. The van der Waals surface area contributed by atoms with Gasteiger partial charge in [0, 0.05) is 43.1 Å². The third-order valence-electron chi connectivity index (χ3n) is 7.44. The zero-order chi connectivity index (χ0) is 27.1. The molecular formula is C29H29FN8O. The SMILES string of the molecule is CCC1C(=O)N(C)C2=CNC(n3ccnc3-c3ccc(F)cc3)=NC2(C)N1c1cccc(C2=CNC=NC2)c1. The number of imidazole rings is 1. The van der Waals surface area contributed by atoms with Gasteiger partial charge in [0.2, 0.25) is 11.9 Å². The van der Waals surface area contributed by atoms with Crippen molar-refractivity contribution in [3.63, 3.8) is 0 Å². The third-order valence-corrected chi connectivity index (χ3v) is 7.44. The minimum Gasteiger partial charge on any atom is -0.353 e. The van der Waals surface area contributed by atoms with Gasteiger partial charge in [-0.3, -0.25) is 14.4 Å². The molecule has 1 aromatic heterocycles. The van der Waals surface area contributed by atoms with E-state index in [1.54, 1.807) is 36.6 Å². The first-order chi connectivity index (χ1) is 18.9. The highest BCUT2D eigenvalue weighted by Gasteiger charge is 2.51. The number of anilines is 1. The first-order valence-corrected chi connectivity index (χ1v) is 12.9. The highest BCUT2D eigenvalue weighted by molar-refractivity contribution is 5.94. The molecule has 39 heavy (non-hydrogen) atoms. The molecular weight excluding hydrogens is 495 g/mol. The molecule has 2 atom stereocenters. The molecule has 10 heteroatoms. The van der Waals surface area contributed by atoms with Crippen LogP contribution in [0.5, 0.6) is 0 Å². The molecule has 2 unspecified atom stereocenters. The summed E-state index contributed by atoms with van der Waals surface area (Å²) in [6, 6.07) is 13.9. The molecule has 4 heterocycles. The Morgan fingerprint density at radius 2 is 1.95 bits per heavy atom. The fraction of sp³-hybridized carbons (Fsp3) is 0.241. The summed E-state index contributed by atoms with van der Waals surface area (Å²) in [4.78, 5) is 31.5. The van der Waals surface area contributed by atoms with Crippen LogP contribution in [0.3, 0.4) is 0 Å². The van der Waals surface area contributed by atoms with E-state index in [0.717, 1.165) is 28.1 Å². The Kier molecular flexibility index (Phi) is 6.02. The number of halogens is 1. The van der Waals surface area contributed by atoms with Gasteiger partial charge in [0.15, 0.2) is 5.66 Å². The van der Waals surface area contributed by atoms with Gasteiger partial charge in [0.1, 0.15) is 17.7 Å². The van der Waals surface area contributed by atoms with Crippen LogP contribution in [0.2, 0.25) is 0 Å². The molecule has 0 saturated carbocycles. The smallest absolute Gasteiger partial charge is 0.249 e. The Balaban J connectivity index is 1.47.